The molecule has 0 amide bonds. The first-order valence-electron chi connectivity index (χ1n) is 14.1. The predicted molar refractivity (Wildman–Crippen MR) is 159 cm³/mol. The lowest BCUT2D eigenvalue weighted by Crippen LogP contribution is -2.45. The third-order valence-electron chi connectivity index (χ3n) is 7.50. The molecule has 5 rings (SSSR count). The van der Waals surface area contributed by atoms with Gasteiger partial charge in [0.1, 0.15) is 12.4 Å². The third kappa shape index (κ3) is 7.20. The molecule has 43 heavy (non-hydrogen) atoms. The van der Waals surface area contributed by atoms with Gasteiger partial charge in [0.15, 0.2) is 11.5 Å². The van der Waals surface area contributed by atoms with Gasteiger partial charge in [0, 0.05) is 74.5 Å². The molecule has 230 valence electrons. The Morgan fingerprint density at radius 2 is 1.72 bits per heavy atom. The molecule has 1 aliphatic heterocycles. The quantitative estimate of drug-likeness (QED) is 0.244. The lowest BCUT2D eigenvalue weighted by atomic mass is 9.98. The second-order valence-corrected chi connectivity index (χ2v) is 11.7. The van der Waals surface area contributed by atoms with Crippen molar-refractivity contribution in [1.29, 1.82) is 0 Å². The minimum Gasteiger partial charge on any atom is -0.491 e. The van der Waals surface area contributed by atoms with Crippen molar-refractivity contribution in [2.45, 2.75) is 38.6 Å². The van der Waals surface area contributed by atoms with Gasteiger partial charge in [-0.1, -0.05) is 23.7 Å². The van der Waals surface area contributed by atoms with Crippen LogP contribution < -0.4 is 4.74 Å². The molecule has 4 heterocycles. The van der Waals surface area contributed by atoms with Crippen molar-refractivity contribution in [3.05, 3.63) is 59.8 Å². The van der Waals surface area contributed by atoms with Crippen LogP contribution in [0.15, 0.2) is 49.1 Å². The molecule has 0 bridgehead atoms. The van der Waals surface area contributed by atoms with Gasteiger partial charge in [-0.3, -0.25) is 9.58 Å². The molecule has 9 nitrogen and oxygen atoms in total. The van der Waals surface area contributed by atoms with E-state index in [2.05, 4.69) is 36.9 Å². The Hall–Kier alpha value is -3.45. The average molecular weight is 618 g/mol. The summed E-state index contributed by atoms with van der Waals surface area (Å²) < 4.78 is 50.4. The maximum Gasteiger partial charge on any atom is 0.433 e. The number of rotatable bonds is 10. The van der Waals surface area contributed by atoms with Crippen LogP contribution in [0.1, 0.15) is 26.0 Å². The van der Waals surface area contributed by atoms with Gasteiger partial charge < -0.3 is 19.7 Å². The molecule has 1 saturated heterocycles. The second-order valence-electron chi connectivity index (χ2n) is 11.3. The Kier molecular flexibility index (Phi) is 9.12. The zero-order valence-corrected chi connectivity index (χ0v) is 25.1. The monoisotopic (exact) mass is 617 g/mol. The number of likely N-dealkylation sites (N-methyl/N-ethyl adjacent to an activating group) is 1. The molecule has 0 unspecified atom stereocenters. The number of halogens is 4. The van der Waals surface area contributed by atoms with E-state index >= 15 is 0 Å². The topological polar surface area (TPSA) is 95.3 Å². The normalized spacial score (nSPS) is 15.3. The Morgan fingerprint density at radius 1 is 1.00 bits per heavy atom. The highest BCUT2D eigenvalue weighted by atomic mass is 35.5. The molecule has 0 spiro atoms. The zero-order chi connectivity index (χ0) is 30.8. The first-order valence-corrected chi connectivity index (χ1v) is 14.5. The number of benzene rings is 1. The number of ether oxygens (including phenoxy) is 1. The van der Waals surface area contributed by atoms with E-state index in [1.54, 1.807) is 44.3 Å². The van der Waals surface area contributed by atoms with Gasteiger partial charge >= 0.3 is 6.18 Å². The fraction of sp³-hybridized carbons (Fsp3) is 0.433. The molecule has 3 aromatic heterocycles. The van der Waals surface area contributed by atoms with E-state index in [0.717, 1.165) is 37.4 Å². The molecule has 1 aliphatic rings. The average Bonchev–Trinajstić information content (AvgIpc) is 3.59. The number of aliphatic hydroxyl groups is 1. The van der Waals surface area contributed by atoms with Gasteiger partial charge in [-0.15, -0.1) is 0 Å². The number of nitrogens with one attached hydrogen (secondary N) is 1. The number of piperazine rings is 1. The third-order valence-corrected chi connectivity index (χ3v) is 7.89. The Morgan fingerprint density at radius 3 is 2.40 bits per heavy atom. The van der Waals surface area contributed by atoms with Gasteiger partial charge in [-0.25, -0.2) is 9.97 Å². The van der Waals surface area contributed by atoms with Gasteiger partial charge in [0.2, 0.25) is 0 Å². The van der Waals surface area contributed by atoms with Crippen LogP contribution in [0.5, 0.6) is 5.75 Å². The highest BCUT2D eigenvalue weighted by Gasteiger charge is 2.40. The van der Waals surface area contributed by atoms with Gasteiger partial charge in [0.25, 0.3) is 0 Å². The summed E-state index contributed by atoms with van der Waals surface area (Å²) in [6.45, 7) is 8.10. The molecule has 0 atom stereocenters. The Labute approximate surface area is 253 Å². The minimum absolute atomic E-state index is 0.0824. The smallest absolute Gasteiger partial charge is 0.433 e. The number of nitrogens with zero attached hydrogens (tertiary/aromatic N) is 6. The number of H-pyrrole nitrogens is 1. The number of aromatic amines is 1. The number of alkyl halides is 3. The van der Waals surface area contributed by atoms with E-state index in [4.69, 9.17) is 16.3 Å². The van der Waals surface area contributed by atoms with E-state index in [9.17, 15) is 18.3 Å². The Balaban J connectivity index is 1.52. The number of aromatic nitrogens is 5. The molecule has 1 aromatic carbocycles. The minimum atomic E-state index is -4.72. The van der Waals surface area contributed by atoms with Crippen LogP contribution in [0.2, 0.25) is 5.02 Å². The zero-order valence-electron chi connectivity index (χ0n) is 24.3. The van der Waals surface area contributed by atoms with Crippen LogP contribution in [0.25, 0.3) is 33.8 Å². The molecule has 4 aromatic rings. The highest BCUT2D eigenvalue weighted by Crippen LogP contribution is 2.46. The van der Waals surface area contributed by atoms with Crippen LogP contribution in [-0.2, 0) is 12.7 Å². The molecule has 0 aliphatic carbocycles. The van der Waals surface area contributed by atoms with Gasteiger partial charge in [-0.05, 0) is 39.4 Å². The number of hydrogen-bond donors (Lipinski definition) is 2. The van der Waals surface area contributed by atoms with Crippen LogP contribution in [-0.4, -0.2) is 91.6 Å². The fourth-order valence-electron chi connectivity index (χ4n) is 5.11. The molecule has 2 N–H and O–H groups in total. The highest BCUT2D eigenvalue weighted by molar-refractivity contribution is 6.35. The maximum atomic E-state index is 14.5. The van der Waals surface area contributed by atoms with E-state index in [0.29, 0.717) is 34.1 Å². The van der Waals surface area contributed by atoms with Crippen LogP contribution in [0.4, 0.5) is 13.2 Å². The number of hydrogen-bond acceptors (Lipinski definition) is 7. The largest absolute Gasteiger partial charge is 0.491 e. The van der Waals surface area contributed by atoms with Gasteiger partial charge in [-0.2, -0.15) is 18.3 Å². The van der Waals surface area contributed by atoms with E-state index < -0.39 is 17.5 Å². The first kappa shape index (κ1) is 31.0. The Bertz CT molecular complexity index is 1520. The standard InChI is InChI=1S/C30H35ClF3N7O2/c1-29(2,42)8-11-41-27(30(32,33)34)22(19-38-41)26-24(28-35-9-5-10-36-28)21(18-37-26)20-6-4-7-23(25(20)31)43-17-16-40-14-12-39(3)13-15-40/h4-7,9-10,18-19,37,42H,8,11-17H2,1-3H3. The lowest BCUT2D eigenvalue weighted by molar-refractivity contribution is -0.144. The SMILES string of the molecule is CN1CCN(CCOc2cccc(-c3c[nH]c(-c4cnn(CCC(C)(C)O)c4C(F)(F)F)c3-c3ncccn3)c2Cl)CC1. The van der Waals surface area contributed by atoms with Crippen molar-refractivity contribution >= 4 is 11.6 Å². The van der Waals surface area contributed by atoms with Crippen LogP contribution in [0.3, 0.4) is 0 Å². The lowest BCUT2D eigenvalue weighted by Gasteiger charge is -2.32. The van der Waals surface area contributed by atoms with Crippen molar-refractivity contribution in [2.75, 3.05) is 46.4 Å². The molecule has 0 radical (unpaired) electrons. The van der Waals surface area contributed by atoms with Crippen molar-refractivity contribution in [3.8, 4) is 39.5 Å². The summed E-state index contributed by atoms with van der Waals surface area (Å²) in [4.78, 5) is 16.4. The van der Waals surface area contributed by atoms with Crippen LogP contribution in [0, 0.1) is 0 Å². The summed E-state index contributed by atoms with van der Waals surface area (Å²) in [5.41, 5.74) is -0.668. The summed E-state index contributed by atoms with van der Waals surface area (Å²) in [7, 11) is 2.11. The summed E-state index contributed by atoms with van der Waals surface area (Å²) >= 11 is 6.87. The molecule has 1 fully saturated rings. The summed E-state index contributed by atoms with van der Waals surface area (Å²) in [5.74, 6) is 0.704. The first-order chi connectivity index (χ1) is 20.4. The van der Waals surface area contributed by atoms with Crippen molar-refractivity contribution in [3.63, 3.8) is 0 Å². The van der Waals surface area contributed by atoms with E-state index in [1.165, 1.54) is 18.6 Å². The number of aryl methyl sites for hydroxylation is 1. The molecule has 13 heteroatoms. The van der Waals surface area contributed by atoms with E-state index in [1.807, 2.05) is 0 Å². The summed E-state index contributed by atoms with van der Waals surface area (Å²) in [6.07, 6.45) is 1.19. The van der Waals surface area contributed by atoms with E-state index in [-0.39, 0.29) is 30.0 Å². The van der Waals surface area contributed by atoms with Crippen molar-refractivity contribution in [1.82, 2.24) is 34.5 Å². The second kappa shape index (κ2) is 12.7. The summed E-state index contributed by atoms with van der Waals surface area (Å²) in [6, 6.07) is 6.99. The van der Waals surface area contributed by atoms with Crippen molar-refractivity contribution < 1.29 is 23.0 Å². The predicted octanol–water partition coefficient (Wildman–Crippen LogP) is 5.46. The summed E-state index contributed by atoms with van der Waals surface area (Å²) in [5, 5.41) is 14.5. The van der Waals surface area contributed by atoms with Crippen LogP contribution >= 0.6 is 11.6 Å². The fourth-order valence-corrected chi connectivity index (χ4v) is 5.39. The molecular weight excluding hydrogens is 583 g/mol. The molecule has 0 saturated carbocycles. The molecular formula is C30H35ClF3N7O2. The van der Waals surface area contributed by atoms with Crippen molar-refractivity contribution in [2.24, 2.45) is 0 Å². The van der Waals surface area contributed by atoms with Gasteiger partial charge in [0.05, 0.1) is 28.1 Å². The maximum absolute atomic E-state index is 14.5.